The predicted octanol–water partition coefficient (Wildman–Crippen LogP) is 4.33. The molecular weight excluding hydrogens is 268 g/mol. The van der Waals surface area contributed by atoms with Crippen molar-refractivity contribution in [3.63, 3.8) is 0 Å². The fourth-order valence-electron chi connectivity index (χ4n) is 2.30. The predicted molar refractivity (Wildman–Crippen MR) is 85.9 cm³/mol. The van der Waals surface area contributed by atoms with E-state index in [0.717, 1.165) is 44.1 Å². The Morgan fingerprint density at radius 1 is 1.10 bits per heavy atom. The minimum absolute atomic E-state index is 0.253. The van der Waals surface area contributed by atoms with Gasteiger partial charge in [-0.15, -0.1) is 6.58 Å². The molecule has 2 nitrogen and oxygen atoms in total. The van der Waals surface area contributed by atoms with Gasteiger partial charge in [-0.3, -0.25) is 0 Å². The number of hydrogen-bond donors (Lipinski definition) is 0. The second kappa shape index (κ2) is 8.25. The van der Waals surface area contributed by atoms with E-state index in [1.165, 1.54) is 5.56 Å². The molecule has 0 spiro atoms. The third-order valence-electron chi connectivity index (χ3n) is 3.57. The molecule has 0 atom stereocenters. The topological polar surface area (TPSA) is 34.1 Å². The van der Waals surface area contributed by atoms with Crippen LogP contribution in [0.3, 0.4) is 0 Å². The van der Waals surface area contributed by atoms with E-state index >= 15 is 0 Å². The van der Waals surface area contributed by atoms with Gasteiger partial charge >= 0.3 is 0 Å². The van der Waals surface area contributed by atoms with Gasteiger partial charge in [0.1, 0.15) is 0 Å². The van der Waals surface area contributed by atoms with Crippen LogP contribution in [0.5, 0.6) is 0 Å². The standard InChI is InChI=1S/C17H26O2S/c1-4-7-8-9-10-13-20(18,19)17-12-11-15(5-2)14-16(17)6-3/h4,11-12,14H,1,5-10,13H2,2-3H3. The zero-order chi connectivity index (χ0) is 15.0. The fraction of sp³-hybridized carbons (Fsp3) is 0.529. The molecule has 1 rings (SSSR count). The molecule has 0 aliphatic carbocycles. The maximum atomic E-state index is 12.4. The van der Waals surface area contributed by atoms with E-state index in [-0.39, 0.29) is 5.75 Å². The van der Waals surface area contributed by atoms with Crippen molar-refractivity contribution in [2.45, 2.75) is 57.3 Å². The third kappa shape index (κ3) is 4.78. The first-order valence-corrected chi connectivity index (χ1v) is 9.15. The Bertz CT molecular complexity index is 530. The third-order valence-corrected chi connectivity index (χ3v) is 5.46. The molecule has 0 N–H and O–H groups in total. The van der Waals surface area contributed by atoms with Crippen LogP contribution in [-0.2, 0) is 22.7 Å². The zero-order valence-corrected chi connectivity index (χ0v) is 13.5. The summed E-state index contributed by atoms with van der Waals surface area (Å²) in [6.07, 6.45) is 7.25. The molecular formula is C17H26O2S. The van der Waals surface area contributed by atoms with Crippen LogP contribution in [-0.4, -0.2) is 14.2 Å². The Morgan fingerprint density at radius 2 is 1.85 bits per heavy atom. The highest BCUT2D eigenvalue weighted by atomic mass is 32.2. The lowest BCUT2D eigenvalue weighted by Gasteiger charge is -2.11. The minimum Gasteiger partial charge on any atom is -0.224 e. The summed E-state index contributed by atoms with van der Waals surface area (Å²) in [6, 6.07) is 5.76. The number of sulfone groups is 1. The van der Waals surface area contributed by atoms with Gasteiger partial charge in [0.05, 0.1) is 10.6 Å². The minimum atomic E-state index is -3.14. The van der Waals surface area contributed by atoms with E-state index in [2.05, 4.69) is 13.5 Å². The number of unbranched alkanes of at least 4 members (excludes halogenated alkanes) is 3. The number of benzene rings is 1. The molecule has 1 aromatic carbocycles. The van der Waals surface area contributed by atoms with Crippen LogP contribution in [0.25, 0.3) is 0 Å². The first kappa shape index (κ1) is 17.0. The van der Waals surface area contributed by atoms with E-state index in [0.29, 0.717) is 4.90 Å². The molecule has 0 radical (unpaired) electrons. The number of aryl methyl sites for hydroxylation is 2. The molecule has 20 heavy (non-hydrogen) atoms. The first-order chi connectivity index (χ1) is 9.55. The maximum absolute atomic E-state index is 12.4. The second-order valence-electron chi connectivity index (χ2n) is 5.11. The van der Waals surface area contributed by atoms with Crippen LogP contribution in [0.4, 0.5) is 0 Å². The van der Waals surface area contributed by atoms with Crippen LogP contribution in [0.15, 0.2) is 35.7 Å². The molecule has 0 unspecified atom stereocenters. The molecule has 0 bridgehead atoms. The van der Waals surface area contributed by atoms with Crippen molar-refractivity contribution in [3.8, 4) is 0 Å². The summed E-state index contributed by atoms with van der Waals surface area (Å²) in [6.45, 7) is 7.77. The van der Waals surface area contributed by atoms with Crippen LogP contribution in [0, 0.1) is 0 Å². The Morgan fingerprint density at radius 3 is 2.45 bits per heavy atom. The Balaban J connectivity index is 2.78. The lowest BCUT2D eigenvalue weighted by molar-refractivity contribution is 0.589. The van der Waals surface area contributed by atoms with Gasteiger partial charge in [-0.1, -0.05) is 38.5 Å². The molecule has 0 amide bonds. The molecule has 0 aliphatic heterocycles. The molecule has 0 heterocycles. The van der Waals surface area contributed by atoms with Crippen molar-refractivity contribution < 1.29 is 8.42 Å². The molecule has 3 heteroatoms. The summed E-state index contributed by atoms with van der Waals surface area (Å²) < 4.78 is 24.8. The quantitative estimate of drug-likeness (QED) is 0.502. The van der Waals surface area contributed by atoms with Crippen molar-refractivity contribution in [1.29, 1.82) is 0 Å². The van der Waals surface area contributed by atoms with E-state index in [9.17, 15) is 8.42 Å². The van der Waals surface area contributed by atoms with Gasteiger partial charge in [0.25, 0.3) is 0 Å². The average molecular weight is 294 g/mol. The average Bonchev–Trinajstić information content (AvgIpc) is 2.46. The summed E-state index contributed by atoms with van der Waals surface area (Å²) in [5.74, 6) is 0.253. The van der Waals surface area contributed by atoms with E-state index in [1.54, 1.807) is 6.07 Å². The van der Waals surface area contributed by atoms with Gasteiger partial charge in [0, 0.05) is 0 Å². The van der Waals surface area contributed by atoms with Crippen LogP contribution in [0.2, 0.25) is 0 Å². The van der Waals surface area contributed by atoms with Crippen molar-refractivity contribution in [3.05, 3.63) is 42.0 Å². The number of rotatable bonds is 9. The molecule has 0 fully saturated rings. The summed E-state index contributed by atoms with van der Waals surface area (Å²) >= 11 is 0. The Labute approximate surface area is 123 Å². The van der Waals surface area contributed by atoms with Crippen molar-refractivity contribution in [2.24, 2.45) is 0 Å². The Kier molecular flexibility index (Phi) is 7.00. The van der Waals surface area contributed by atoms with Crippen molar-refractivity contribution in [1.82, 2.24) is 0 Å². The summed E-state index contributed by atoms with van der Waals surface area (Å²) in [5.41, 5.74) is 2.15. The lowest BCUT2D eigenvalue weighted by atomic mass is 10.1. The zero-order valence-electron chi connectivity index (χ0n) is 12.7. The maximum Gasteiger partial charge on any atom is 0.178 e. The number of hydrogen-bond acceptors (Lipinski definition) is 2. The molecule has 112 valence electrons. The summed E-state index contributed by atoms with van der Waals surface area (Å²) in [5, 5.41) is 0. The second-order valence-corrected chi connectivity index (χ2v) is 7.18. The van der Waals surface area contributed by atoms with Crippen molar-refractivity contribution >= 4 is 9.84 Å². The summed E-state index contributed by atoms with van der Waals surface area (Å²) in [4.78, 5) is 0.529. The highest BCUT2D eigenvalue weighted by molar-refractivity contribution is 7.91. The highest BCUT2D eigenvalue weighted by Crippen LogP contribution is 2.21. The highest BCUT2D eigenvalue weighted by Gasteiger charge is 2.17. The molecule has 0 saturated carbocycles. The van der Waals surface area contributed by atoms with Crippen LogP contribution < -0.4 is 0 Å². The molecule has 0 saturated heterocycles. The van der Waals surface area contributed by atoms with Gasteiger partial charge in [0.15, 0.2) is 9.84 Å². The van der Waals surface area contributed by atoms with Gasteiger partial charge in [-0.05, 0) is 49.3 Å². The van der Waals surface area contributed by atoms with Gasteiger partial charge < -0.3 is 0 Å². The lowest BCUT2D eigenvalue weighted by Crippen LogP contribution is -2.10. The largest absolute Gasteiger partial charge is 0.224 e. The number of allylic oxidation sites excluding steroid dienone is 1. The summed E-state index contributed by atoms with van der Waals surface area (Å²) in [7, 11) is -3.14. The van der Waals surface area contributed by atoms with E-state index in [1.807, 2.05) is 25.1 Å². The molecule has 0 aromatic heterocycles. The fourth-order valence-corrected chi connectivity index (χ4v) is 3.98. The smallest absolute Gasteiger partial charge is 0.178 e. The van der Waals surface area contributed by atoms with Crippen molar-refractivity contribution in [2.75, 3.05) is 5.75 Å². The first-order valence-electron chi connectivity index (χ1n) is 7.50. The van der Waals surface area contributed by atoms with Gasteiger partial charge in [-0.2, -0.15) is 0 Å². The SMILES string of the molecule is C=CCCCCCS(=O)(=O)c1ccc(CC)cc1CC. The van der Waals surface area contributed by atoms with E-state index in [4.69, 9.17) is 0 Å². The van der Waals surface area contributed by atoms with Crippen LogP contribution in [0.1, 0.15) is 50.7 Å². The van der Waals surface area contributed by atoms with Crippen LogP contribution >= 0.6 is 0 Å². The normalized spacial score (nSPS) is 11.5. The van der Waals surface area contributed by atoms with Gasteiger partial charge in [-0.25, -0.2) is 8.42 Å². The molecule has 1 aromatic rings. The van der Waals surface area contributed by atoms with Gasteiger partial charge in [0.2, 0.25) is 0 Å². The van der Waals surface area contributed by atoms with E-state index < -0.39 is 9.84 Å². The molecule has 0 aliphatic rings. The monoisotopic (exact) mass is 294 g/mol. The Hall–Kier alpha value is -1.09.